The molecule has 0 aliphatic carbocycles. The number of rotatable bonds is 6. The molecule has 0 saturated heterocycles. The van der Waals surface area contributed by atoms with Gasteiger partial charge in [0, 0.05) is 6.16 Å². The zero-order chi connectivity index (χ0) is 10.2. The van der Waals surface area contributed by atoms with E-state index < -0.39 is 0 Å². The van der Waals surface area contributed by atoms with Crippen LogP contribution in [0, 0.1) is 6.92 Å². The molecule has 0 amide bonds. The molecular formula is C12H20BrOP. The maximum absolute atomic E-state index is 5.71. The van der Waals surface area contributed by atoms with Crippen molar-refractivity contribution in [3.63, 3.8) is 0 Å². The van der Waals surface area contributed by atoms with Gasteiger partial charge < -0.3 is 4.52 Å². The average molecular weight is 291 g/mol. The number of aryl methyl sites for hydroxylation is 1. The van der Waals surface area contributed by atoms with Crippen molar-refractivity contribution < 1.29 is 4.52 Å². The lowest BCUT2D eigenvalue weighted by molar-refractivity contribution is 0.619. The largest absolute Gasteiger partial charge is 0.477 e. The molecule has 3 heteroatoms. The molecule has 0 aliphatic rings. The molecule has 0 saturated carbocycles. The molecule has 86 valence electrons. The molecule has 1 nitrogen and oxygen atoms in total. The lowest BCUT2D eigenvalue weighted by Crippen LogP contribution is -1.85. The molecule has 1 atom stereocenters. The second-order valence-corrected chi connectivity index (χ2v) is 4.46. The Bertz CT molecular complexity index is 266. The Labute approximate surface area is 105 Å². The van der Waals surface area contributed by atoms with Crippen molar-refractivity contribution in [1.29, 1.82) is 0 Å². The maximum Gasteiger partial charge on any atom is 0.125 e. The Kier molecular flexibility index (Phi) is 9.13. The summed E-state index contributed by atoms with van der Waals surface area (Å²) in [6.07, 6.45) is 5.10. The first kappa shape index (κ1) is 14.9. The monoisotopic (exact) mass is 290 g/mol. The van der Waals surface area contributed by atoms with Gasteiger partial charge in [-0.05, 0) is 25.0 Å². The van der Waals surface area contributed by atoms with Gasteiger partial charge in [-0.15, -0.1) is 17.0 Å². The fourth-order valence-electron chi connectivity index (χ4n) is 1.25. The minimum Gasteiger partial charge on any atom is -0.477 e. The van der Waals surface area contributed by atoms with Gasteiger partial charge in [0.25, 0.3) is 0 Å². The van der Waals surface area contributed by atoms with Gasteiger partial charge >= 0.3 is 0 Å². The van der Waals surface area contributed by atoms with Gasteiger partial charge in [0.2, 0.25) is 0 Å². The first-order valence-corrected chi connectivity index (χ1v) is 6.41. The number of hydrogen-bond acceptors (Lipinski definition) is 1. The molecule has 0 aromatic heterocycles. The Morgan fingerprint density at radius 1 is 1.20 bits per heavy atom. The van der Waals surface area contributed by atoms with E-state index in [9.17, 15) is 0 Å². The number of hydrogen-bond donors (Lipinski definition) is 0. The summed E-state index contributed by atoms with van der Waals surface area (Å²) in [4.78, 5) is 0. The minimum atomic E-state index is 0. The first-order chi connectivity index (χ1) is 6.84. The quantitative estimate of drug-likeness (QED) is 0.543. The summed E-state index contributed by atoms with van der Waals surface area (Å²) >= 11 is 0. The molecule has 0 fully saturated rings. The third-order valence-electron chi connectivity index (χ3n) is 2.16. The van der Waals surface area contributed by atoms with Crippen LogP contribution in [0.25, 0.3) is 0 Å². The summed E-state index contributed by atoms with van der Waals surface area (Å²) in [7, 11) is 0.616. The summed E-state index contributed by atoms with van der Waals surface area (Å²) in [6, 6.07) is 8.20. The van der Waals surface area contributed by atoms with E-state index in [1.807, 2.05) is 18.2 Å². The van der Waals surface area contributed by atoms with E-state index in [4.69, 9.17) is 4.52 Å². The van der Waals surface area contributed by atoms with Crippen molar-refractivity contribution >= 4 is 25.8 Å². The number of unbranched alkanes of at least 4 members (excludes halogenated alkanes) is 2. The normalized spacial score (nSPS) is 10.3. The van der Waals surface area contributed by atoms with E-state index in [-0.39, 0.29) is 17.0 Å². The van der Waals surface area contributed by atoms with Crippen molar-refractivity contribution in [2.45, 2.75) is 33.1 Å². The molecule has 0 spiro atoms. The molecule has 0 bridgehead atoms. The topological polar surface area (TPSA) is 9.23 Å². The highest BCUT2D eigenvalue weighted by molar-refractivity contribution is 8.93. The molecule has 0 heterocycles. The minimum absolute atomic E-state index is 0. The summed E-state index contributed by atoms with van der Waals surface area (Å²) in [5.41, 5.74) is 1.23. The van der Waals surface area contributed by atoms with Crippen LogP contribution in [-0.4, -0.2) is 6.16 Å². The molecule has 1 unspecified atom stereocenters. The Morgan fingerprint density at radius 2 is 1.93 bits per heavy atom. The second-order valence-electron chi connectivity index (χ2n) is 3.47. The van der Waals surface area contributed by atoms with Gasteiger partial charge in [0.1, 0.15) is 5.75 Å². The van der Waals surface area contributed by atoms with Gasteiger partial charge in [0.15, 0.2) is 0 Å². The zero-order valence-electron chi connectivity index (χ0n) is 9.45. The predicted octanol–water partition coefficient (Wildman–Crippen LogP) is 4.74. The van der Waals surface area contributed by atoms with E-state index in [0.717, 1.165) is 5.75 Å². The highest BCUT2D eigenvalue weighted by Crippen LogP contribution is 2.24. The third-order valence-corrected chi connectivity index (χ3v) is 3.08. The van der Waals surface area contributed by atoms with Crippen LogP contribution in [-0.2, 0) is 0 Å². The molecule has 0 radical (unpaired) electrons. The van der Waals surface area contributed by atoms with Crippen LogP contribution in [0.3, 0.4) is 0 Å². The fraction of sp³-hybridized carbons (Fsp3) is 0.500. The number of halogens is 1. The van der Waals surface area contributed by atoms with Crippen molar-refractivity contribution in [2.75, 3.05) is 6.16 Å². The SMILES string of the molecule is Br.CCCCCPOc1ccccc1C. The Hall–Kier alpha value is -0.0700. The van der Waals surface area contributed by atoms with Crippen LogP contribution in [0.1, 0.15) is 31.7 Å². The van der Waals surface area contributed by atoms with Gasteiger partial charge in [0.05, 0.1) is 8.81 Å². The Morgan fingerprint density at radius 3 is 2.60 bits per heavy atom. The van der Waals surface area contributed by atoms with Crippen molar-refractivity contribution in [1.82, 2.24) is 0 Å². The predicted molar refractivity (Wildman–Crippen MR) is 74.8 cm³/mol. The smallest absolute Gasteiger partial charge is 0.125 e. The molecule has 1 aromatic rings. The molecular weight excluding hydrogens is 271 g/mol. The van der Waals surface area contributed by atoms with Crippen molar-refractivity contribution in [2.24, 2.45) is 0 Å². The average Bonchev–Trinajstić information content (AvgIpc) is 2.20. The molecule has 0 aliphatic heterocycles. The maximum atomic E-state index is 5.71. The zero-order valence-corrected chi connectivity index (χ0v) is 12.2. The van der Waals surface area contributed by atoms with E-state index >= 15 is 0 Å². The fourth-order valence-corrected chi connectivity index (χ4v) is 2.13. The van der Waals surface area contributed by atoms with Crippen LogP contribution in [0.15, 0.2) is 24.3 Å². The summed E-state index contributed by atoms with van der Waals surface area (Å²) in [6.45, 7) is 4.32. The van der Waals surface area contributed by atoms with Crippen LogP contribution in [0.4, 0.5) is 0 Å². The van der Waals surface area contributed by atoms with Crippen LogP contribution in [0.2, 0.25) is 0 Å². The summed E-state index contributed by atoms with van der Waals surface area (Å²) in [5, 5.41) is 0. The lowest BCUT2D eigenvalue weighted by atomic mass is 10.2. The lowest BCUT2D eigenvalue weighted by Gasteiger charge is -2.07. The van der Waals surface area contributed by atoms with E-state index in [0.29, 0.717) is 8.81 Å². The highest BCUT2D eigenvalue weighted by Gasteiger charge is 1.96. The van der Waals surface area contributed by atoms with E-state index in [2.05, 4.69) is 19.9 Å². The summed E-state index contributed by atoms with van der Waals surface area (Å²) < 4.78 is 5.71. The van der Waals surface area contributed by atoms with Gasteiger partial charge in [-0.2, -0.15) is 0 Å². The highest BCUT2D eigenvalue weighted by atomic mass is 79.9. The third kappa shape index (κ3) is 6.17. The Balaban J connectivity index is 0.00000196. The van der Waals surface area contributed by atoms with Crippen LogP contribution in [0.5, 0.6) is 5.75 Å². The molecule has 15 heavy (non-hydrogen) atoms. The van der Waals surface area contributed by atoms with E-state index in [1.165, 1.54) is 31.0 Å². The van der Waals surface area contributed by atoms with Crippen molar-refractivity contribution in [3.05, 3.63) is 29.8 Å². The second kappa shape index (κ2) is 9.18. The van der Waals surface area contributed by atoms with Crippen LogP contribution < -0.4 is 4.52 Å². The first-order valence-electron chi connectivity index (χ1n) is 5.30. The molecule has 1 rings (SSSR count). The van der Waals surface area contributed by atoms with Gasteiger partial charge in [-0.25, -0.2) is 0 Å². The summed E-state index contributed by atoms with van der Waals surface area (Å²) in [5.74, 6) is 1.04. The van der Waals surface area contributed by atoms with Crippen LogP contribution >= 0.6 is 25.8 Å². The number of para-hydroxylation sites is 1. The van der Waals surface area contributed by atoms with Gasteiger partial charge in [-0.3, -0.25) is 0 Å². The standard InChI is InChI=1S/C12H19OP.BrH/c1-3-4-7-10-14-13-12-9-6-5-8-11(12)2;/h5-6,8-9,14H,3-4,7,10H2,1-2H3;1H. The van der Waals surface area contributed by atoms with Crippen molar-refractivity contribution in [3.8, 4) is 5.75 Å². The molecule has 0 N–H and O–H groups in total. The molecule has 1 aromatic carbocycles. The number of benzene rings is 1. The van der Waals surface area contributed by atoms with Gasteiger partial charge in [-0.1, -0.05) is 38.0 Å². The van der Waals surface area contributed by atoms with E-state index in [1.54, 1.807) is 0 Å².